The predicted molar refractivity (Wildman–Crippen MR) is 75.0 cm³/mol. The molecular weight excluding hydrogens is 261 g/mol. The summed E-state index contributed by atoms with van der Waals surface area (Å²) in [6, 6.07) is 3.99. The minimum atomic E-state index is -0.785. The van der Waals surface area contributed by atoms with E-state index < -0.39 is 11.9 Å². The molecule has 5 heteroatoms. The van der Waals surface area contributed by atoms with Crippen molar-refractivity contribution in [2.75, 3.05) is 6.61 Å². The second-order valence-electron chi connectivity index (χ2n) is 4.73. The smallest absolute Gasteiger partial charge is 0.258 e. The van der Waals surface area contributed by atoms with Crippen LogP contribution in [0.25, 0.3) is 0 Å². The molecule has 0 radical (unpaired) electrons. The van der Waals surface area contributed by atoms with Gasteiger partial charge in [0.05, 0.1) is 6.10 Å². The normalized spacial score (nSPS) is 12.3. The SMILES string of the molecule is CCC(CC)NC(=O)COc1cc(F)ccc1[C@H](C)O. The Morgan fingerprint density at radius 2 is 2.05 bits per heavy atom. The molecule has 20 heavy (non-hydrogen) atoms. The molecule has 1 aromatic rings. The number of nitrogens with one attached hydrogen (secondary N) is 1. The molecular formula is C15H22FNO3. The third-order valence-electron chi connectivity index (χ3n) is 3.14. The fraction of sp³-hybridized carbons (Fsp3) is 0.533. The van der Waals surface area contributed by atoms with E-state index in [9.17, 15) is 14.3 Å². The van der Waals surface area contributed by atoms with Gasteiger partial charge in [0.15, 0.2) is 6.61 Å². The van der Waals surface area contributed by atoms with E-state index in [0.717, 1.165) is 12.8 Å². The first kappa shape index (κ1) is 16.4. The summed E-state index contributed by atoms with van der Waals surface area (Å²) < 4.78 is 18.5. The van der Waals surface area contributed by atoms with Crippen LogP contribution in [0, 0.1) is 5.82 Å². The van der Waals surface area contributed by atoms with Crippen LogP contribution in [0.5, 0.6) is 5.75 Å². The van der Waals surface area contributed by atoms with Crippen molar-refractivity contribution in [3.05, 3.63) is 29.6 Å². The van der Waals surface area contributed by atoms with E-state index in [4.69, 9.17) is 4.74 Å². The molecule has 1 aromatic carbocycles. The van der Waals surface area contributed by atoms with Crippen LogP contribution in [0.15, 0.2) is 18.2 Å². The Bertz CT molecular complexity index is 445. The van der Waals surface area contributed by atoms with Crippen molar-refractivity contribution >= 4 is 5.91 Å². The summed E-state index contributed by atoms with van der Waals surface area (Å²) in [5.74, 6) is -0.524. The topological polar surface area (TPSA) is 58.6 Å². The summed E-state index contributed by atoms with van der Waals surface area (Å²) >= 11 is 0. The highest BCUT2D eigenvalue weighted by Crippen LogP contribution is 2.25. The highest BCUT2D eigenvalue weighted by molar-refractivity contribution is 5.77. The number of carbonyl (C=O) groups excluding carboxylic acids is 1. The monoisotopic (exact) mass is 283 g/mol. The summed E-state index contributed by atoms with van der Waals surface area (Å²) in [6.45, 7) is 5.35. The summed E-state index contributed by atoms with van der Waals surface area (Å²) in [5.41, 5.74) is 0.460. The van der Waals surface area contributed by atoms with E-state index in [0.29, 0.717) is 5.56 Å². The largest absolute Gasteiger partial charge is 0.483 e. The fourth-order valence-electron chi connectivity index (χ4n) is 1.88. The minimum absolute atomic E-state index is 0.120. The lowest BCUT2D eigenvalue weighted by Crippen LogP contribution is -2.37. The van der Waals surface area contributed by atoms with E-state index in [-0.39, 0.29) is 24.3 Å². The maximum absolute atomic E-state index is 13.2. The number of carbonyl (C=O) groups is 1. The molecule has 1 rings (SSSR count). The van der Waals surface area contributed by atoms with Crippen LogP contribution in [-0.4, -0.2) is 23.7 Å². The maximum Gasteiger partial charge on any atom is 0.258 e. The zero-order valence-electron chi connectivity index (χ0n) is 12.1. The highest BCUT2D eigenvalue weighted by atomic mass is 19.1. The van der Waals surface area contributed by atoms with E-state index in [1.54, 1.807) is 6.92 Å². The van der Waals surface area contributed by atoms with E-state index in [1.807, 2.05) is 13.8 Å². The quantitative estimate of drug-likeness (QED) is 0.808. The summed E-state index contributed by atoms with van der Waals surface area (Å²) in [6.07, 6.45) is 0.912. The lowest BCUT2D eigenvalue weighted by molar-refractivity contribution is -0.123. The molecule has 1 atom stereocenters. The van der Waals surface area contributed by atoms with Crippen molar-refractivity contribution < 1.29 is 19.0 Å². The van der Waals surface area contributed by atoms with Crippen molar-refractivity contribution in [1.29, 1.82) is 0 Å². The Balaban J connectivity index is 2.65. The Morgan fingerprint density at radius 3 is 2.60 bits per heavy atom. The summed E-state index contributed by atoms with van der Waals surface area (Å²) in [5, 5.41) is 12.4. The van der Waals surface area contributed by atoms with Gasteiger partial charge in [-0.05, 0) is 31.9 Å². The highest BCUT2D eigenvalue weighted by Gasteiger charge is 2.13. The minimum Gasteiger partial charge on any atom is -0.483 e. The molecule has 0 aliphatic heterocycles. The van der Waals surface area contributed by atoms with Crippen molar-refractivity contribution in [1.82, 2.24) is 5.32 Å². The van der Waals surface area contributed by atoms with Gasteiger partial charge in [-0.2, -0.15) is 0 Å². The predicted octanol–water partition coefficient (Wildman–Crippen LogP) is 2.56. The first-order valence-corrected chi connectivity index (χ1v) is 6.87. The van der Waals surface area contributed by atoms with Crippen LogP contribution in [0.3, 0.4) is 0 Å². The number of hydrogen-bond donors (Lipinski definition) is 2. The number of aliphatic hydroxyl groups is 1. The fourth-order valence-corrected chi connectivity index (χ4v) is 1.88. The average Bonchev–Trinajstić information content (AvgIpc) is 2.42. The number of ether oxygens (including phenoxy) is 1. The molecule has 0 fully saturated rings. The third kappa shape index (κ3) is 4.81. The lowest BCUT2D eigenvalue weighted by atomic mass is 10.1. The Hall–Kier alpha value is -1.62. The van der Waals surface area contributed by atoms with Gasteiger partial charge in [0, 0.05) is 17.7 Å². The first-order chi connectivity index (χ1) is 9.47. The van der Waals surface area contributed by atoms with E-state index >= 15 is 0 Å². The van der Waals surface area contributed by atoms with Gasteiger partial charge in [0.1, 0.15) is 11.6 Å². The van der Waals surface area contributed by atoms with Gasteiger partial charge < -0.3 is 15.2 Å². The molecule has 0 heterocycles. The second-order valence-corrected chi connectivity index (χ2v) is 4.73. The number of hydrogen-bond acceptors (Lipinski definition) is 3. The molecule has 0 saturated heterocycles. The van der Waals surface area contributed by atoms with Gasteiger partial charge in [-0.15, -0.1) is 0 Å². The molecule has 0 aliphatic rings. The Morgan fingerprint density at radius 1 is 1.40 bits per heavy atom. The summed E-state index contributed by atoms with van der Waals surface area (Å²) in [7, 11) is 0. The van der Waals surface area contributed by atoms with Crippen LogP contribution in [0.2, 0.25) is 0 Å². The molecule has 0 aromatic heterocycles. The van der Waals surface area contributed by atoms with Gasteiger partial charge >= 0.3 is 0 Å². The maximum atomic E-state index is 13.2. The zero-order chi connectivity index (χ0) is 15.1. The molecule has 0 aliphatic carbocycles. The van der Waals surface area contributed by atoms with Crippen LogP contribution < -0.4 is 10.1 Å². The molecule has 4 nitrogen and oxygen atoms in total. The number of benzene rings is 1. The summed E-state index contributed by atoms with van der Waals surface area (Å²) in [4.78, 5) is 11.7. The molecule has 112 valence electrons. The van der Waals surface area contributed by atoms with Crippen LogP contribution in [0.4, 0.5) is 4.39 Å². The molecule has 1 amide bonds. The van der Waals surface area contributed by atoms with E-state index in [1.165, 1.54) is 18.2 Å². The van der Waals surface area contributed by atoms with Crippen molar-refractivity contribution in [2.45, 2.75) is 45.8 Å². The van der Waals surface area contributed by atoms with Crippen LogP contribution in [0.1, 0.15) is 45.3 Å². The van der Waals surface area contributed by atoms with Crippen molar-refractivity contribution in [3.63, 3.8) is 0 Å². The van der Waals surface area contributed by atoms with Crippen molar-refractivity contribution in [3.8, 4) is 5.75 Å². The number of aliphatic hydroxyl groups excluding tert-OH is 1. The zero-order valence-corrected chi connectivity index (χ0v) is 12.1. The standard InChI is InChI=1S/C15H22FNO3/c1-4-12(5-2)17-15(19)9-20-14-8-11(16)6-7-13(14)10(3)18/h6-8,10,12,18H,4-5,9H2,1-3H3,(H,17,19)/t10-/m0/s1. The lowest BCUT2D eigenvalue weighted by Gasteiger charge is -2.16. The molecule has 0 saturated carbocycles. The Labute approximate surface area is 119 Å². The van der Waals surface area contributed by atoms with Crippen LogP contribution in [-0.2, 0) is 4.79 Å². The van der Waals surface area contributed by atoms with Crippen LogP contribution >= 0.6 is 0 Å². The van der Waals surface area contributed by atoms with Gasteiger partial charge in [0.2, 0.25) is 0 Å². The van der Waals surface area contributed by atoms with Gasteiger partial charge in [-0.3, -0.25) is 4.79 Å². The van der Waals surface area contributed by atoms with Gasteiger partial charge in [-0.1, -0.05) is 13.8 Å². The molecule has 0 bridgehead atoms. The molecule has 0 unspecified atom stereocenters. The number of halogens is 1. The average molecular weight is 283 g/mol. The van der Waals surface area contributed by atoms with E-state index in [2.05, 4.69) is 5.32 Å². The van der Waals surface area contributed by atoms with Gasteiger partial charge in [-0.25, -0.2) is 4.39 Å². The van der Waals surface area contributed by atoms with Gasteiger partial charge in [0.25, 0.3) is 5.91 Å². The molecule has 2 N–H and O–H groups in total. The number of amides is 1. The molecule has 0 spiro atoms. The Kier molecular flexibility index (Phi) is 6.45. The first-order valence-electron chi connectivity index (χ1n) is 6.87. The number of rotatable bonds is 7. The van der Waals surface area contributed by atoms with Crippen molar-refractivity contribution in [2.24, 2.45) is 0 Å². The third-order valence-corrected chi connectivity index (χ3v) is 3.14. The second kappa shape index (κ2) is 7.85.